The predicted molar refractivity (Wildman–Crippen MR) is 62.9 cm³/mol. The van der Waals surface area contributed by atoms with Crippen LogP contribution >= 0.6 is 0 Å². The number of methoxy groups -OCH3 is 1. The summed E-state index contributed by atoms with van der Waals surface area (Å²) >= 11 is 0. The number of carbonyl (C=O) groups is 1. The van der Waals surface area contributed by atoms with Crippen molar-refractivity contribution in [3.63, 3.8) is 0 Å². The van der Waals surface area contributed by atoms with E-state index >= 15 is 0 Å². The van der Waals surface area contributed by atoms with Crippen LogP contribution < -0.4 is 0 Å². The van der Waals surface area contributed by atoms with Gasteiger partial charge in [0.1, 0.15) is 5.75 Å². The SMILES string of the molecule is COCc1cc(C(=O)O)nn1-c1cccc(O)c1. The molecule has 2 N–H and O–H groups in total. The fourth-order valence-corrected chi connectivity index (χ4v) is 1.62. The third-order valence-corrected chi connectivity index (χ3v) is 2.37. The molecule has 0 atom stereocenters. The molecule has 0 fully saturated rings. The lowest BCUT2D eigenvalue weighted by molar-refractivity contribution is 0.0690. The number of hydrogen-bond donors (Lipinski definition) is 2. The Morgan fingerprint density at radius 2 is 2.22 bits per heavy atom. The minimum absolute atomic E-state index is 0.0645. The second-order valence-electron chi connectivity index (χ2n) is 3.69. The molecule has 6 nitrogen and oxygen atoms in total. The maximum atomic E-state index is 10.9. The first kappa shape index (κ1) is 12.1. The molecule has 0 bridgehead atoms. The highest BCUT2D eigenvalue weighted by Crippen LogP contribution is 2.18. The van der Waals surface area contributed by atoms with Crippen molar-refractivity contribution < 1.29 is 19.7 Å². The van der Waals surface area contributed by atoms with Crippen molar-refractivity contribution in [2.24, 2.45) is 0 Å². The normalized spacial score (nSPS) is 10.5. The number of nitrogens with zero attached hydrogens (tertiary/aromatic N) is 2. The van der Waals surface area contributed by atoms with Crippen molar-refractivity contribution in [1.82, 2.24) is 9.78 Å². The Hall–Kier alpha value is -2.34. The van der Waals surface area contributed by atoms with Gasteiger partial charge in [-0.1, -0.05) is 6.07 Å². The number of aromatic hydroxyl groups is 1. The number of phenols is 1. The molecule has 1 aromatic carbocycles. The standard InChI is InChI=1S/C12H12N2O4/c1-18-7-9-6-11(12(16)17)13-14(9)8-3-2-4-10(15)5-8/h2-6,15H,7H2,1H3,(H,16,17). The van der Waals surface area contributed by atoms with Crippen LogP contribution in [0.15, 0.2) is 30.3 Å². The first-order valence-electron chi connectivity index (χ1n) is 5.22. The highest BCUT2D eigenvalue weighted by Gasteiger charge is 2.14. The van der Waals surface area contributed by atoms with Gasteiger partial charge in [-0.3, -0.25) is 0 Å². The summed E-state index contributed by atoms with van der Waals surface area (Å²) in [5.41, 5.74) is 1.11. The van der Waals surface area contributed by atoms with Crippen LogP contribution in [0.1, 0.15) is 16.2 Å². The van der Waals surface area contributed by atoms with Gasteiger partial charge in [0.25, 0.3) is 0 Å². The van der Waals surface area contributed by atoms with Crippen LogP contribution in [0.4, 0.5) is 0 Å². The van der Waals surface area contributed by atoms with Gasteiger partial charge in [-0.05, 0) is 18.2 Å². The Labute approximate surface area is 103 Å². The van der Waals surface area contributed by atoms with Crippen LogP contribution in [-0.2, 0) is 11.3 Å². The number of benzene rings is 1. The van der Waals surface area contributed by atoms with E-state index in [4.69, 9.17) is 9.84 Å². The average molecular weight is 248 g/mol. The molecule has 1 heterocycles. The molecular formula is C12H12N2O4. The second-order valence-corrected chi connectivity index (χ2v) is 3.69. The molecule has 6 heteroatoms. The third kappa shape index (κ3) is 2.33. The maximum absolute atomic E-state index is 10.9. The zero-order chi connectivity index (χ0) is 13.1. The van der Waals surface area contributed by atoms with Gasteiger partial charge < -0.3 is 14.9 Å². The minimum atomic E-state index is -1.11. The molecule has 0 spiro atoms. The fraction of sp³-hybridized carbons (Fsp3) is 0.167. The van der Waals surface area contributed by atoms with Crippen molar-refractivity contribution in [3.8, 4) is 11.4 Å². The van der Waals surface area contributed by atoms with E-state index in [0.717, 1.165) is 0 Å². The Bertz CT molecular complexity index is 577. The summed E-state index contributed by atoms with van der Waals surface area (Å²) in [6.45, 7) is 0.232. The molecule has 0 radical (unpaired) electrons. The number of hydrogen-bond acceptors (Lipinski definition) is 4. The van der Waals surface area contributed by atoms with Crippen molar-refractivity contribution >= 4 is 5.97 Å². The summed E-state index contributed by atoms with van der Waals surface area (Å²) in [7, 11) is 1.51. The van der Waals surface area contributed by atoms with Crippen molar-refractivity contribution in [3.05, 3.63) is 41.7 Å². The predicted octanol–water partition coefficient (Wildman–Crippen LogP) is 1.42. The van der Waals surface area contributed by atoms with Gasteiger partial charge in [0.05, 0.1) is 18.0 Å². The highest BCUT2D eigenvalue weighted by atomic mass is 16.5. The molecule has 0 aliphatic heterocycles. The number of carboxylic acids is 1. The summed E-state index contributed by atoms with van der Waals surface area (Å²) < 4.78 is 6.43. The van der Waals surface area contributed by atoms with Crippen LogP contribution in [0.2, 0.25) is 0 Å². The van der Waals surface area contributed by atoms with E-state index in [1.807, 2.05) is 0 Å². The first-order chi connectivity index (χ1) is 8.61. The summed E-state index contributed by atoms with van der Waals surface area (Å²) in [6, 6.07) is 7.84. The van der Waals surface area contributed by atoms with Crippen molar-refractivity contribution in [2.45, 2.75) is 6.61 Å². The zero-order valence-electron chi connectivity index (χ0n) is 9.70. The summed E-state index contributed by atoms with van der Waals surface area (Å²) in [5.74, 6) is -1.02. The number of rotatable bonds is 4. The smallest absolute Gasteiger partial charge is 0.356 e. The molecule has 0 aliphatic rings. The highest BCUT2D eigenvalue weighted by molar-refractivity contribution is 5.85. The third-order valence-electron chi connectivity index (χ3n) is 2.37. The Balaban J connectivity index is 2.51. The lowest BCUT2D eigenvalue weighted by Gasteiger charge is -2.06. The molecule has 0 amide bonds. The molecular weight excluding hydrogens is 236 g/mol. The van der Waals surface area contributed by atoms with Crippen molar-refractivity contribution in [1.29, 1.82) is 0 Å². The van der Waals surface area contributed by atoms with Gasteiger partial charge in [0, 0.05) is 13.2 Å². The van der Waals surface area contributed by atoms with E-state index in [2.05, 4.69) is 5.10 Å². The van der Waals surface area contributed by atoms with Crippen molar-refractivity contribution in [2.75, 3.05) is 7.11 Å². The minimum Gasteiger partial charge on any atom is -0.508 e. The summed E-state index contributed by atoms with van der Waals surface area (Å²) in [4.78, 5) is 10.9. The van der Waals surface area contributed by atoms with Crippen LogP contribution in [0, 0.1) is 0 Å². The maximum Gasteiger partial charge on any atom is 0.356 e. The fourth-order valence-electron chi connectivity index (χ4n) is 1.62. The first-order valence-corrected chi connectivity index (χ1v) is 5.22. The van der Waals surface area contributed by atoms with Gasteiger partial charge in [-0.2, -0.15) is 5.10 Å². The molecule has 18 heavy (non-hydrogen) atoms. The van der Waals surface area contributed by atoms with E-state index in [1.54, 1.807) is 12.1 Å². The zero-order valence-corrected chi connectivity index (χ0v) is 9.70. The average Bonchev–Trinajstić information content (AvgIpc) is 2.74. The van der Waals surface area contributed by atoms with Gasteiger partial charge >= 0.3 is 5.97 Å². The summed E-state index contributed by atoms with van der Waals surface area (Å²) in [5, 5.41) is 22.3. The Kier molecular flexibility index (Phi) is 3.29. The van der Waals surface area contributed by atoms with E-state index in [9.17, 15) is 9.90 Å². The molecule has 2 aromatic rings. The van der Waals surface area contributed by atoms with Crippen LogP contribution in [0.5, 0.6) is 5.75 Å². The number of carboxylic acid groups (broad SMARTS) is 1. The number of aromatic nitrogens is 2. The number of aromatic carboxylic acids is 1. The Morgan fingerprint density at radius 1 is 1.44 bits per heavy atom. The number of phenolic OH excluding ortho intramolecular Hbond substituents is 1. The molecule has 0 aliphatic carbocycles. The molecule has 1 aromatic heterocycles. The van der Waals surface area contributed by atoms with E-state index in [1.165, 1.54) is 30.0 Å². The van der Waals surface area contributed by atoms with E-state index in [-0.39, 0.29) is 18.1 Å². The van der Waals surface area contributed by atoms with Crippen LogP contribution in [0.25, 0.3) is 5.69 Å². The van der Waals surface area contributed by atoms with Gasteiger partial charge in [-0.25, -0.2) is 9.48 Å². The molecule has 0 unspecified atom stereocenters. The second kappa shape index (κ2) is 4.89. The molecule has 94 valence electrons. The Morgan fingerprint density at radius 3 is 2.83 bits per heavy atom. The van der Waals surface area contributed by atoms with Gasteiger partial charge in [-0.15, -0.1) is 0 Å². The van der Waals surface area contributed by atoms with E-state index in [0.29, 0.717) is 11.4 Å². The van der Waals surface area contributed by atoms with Gasteiger partial charge in [0.15, 0.2) is 5.69 Å². The largest absolute Gasteiger partial charge is 0.508 e. The monoisotopic (exact) mass is 248 g/mol. The molecule has 2 rings (SSSR count). The molecule has 0 saturated heterocycles. The quantitative estimate of drug-likeness (QED) is 0.854. The van der Waals surface area contributed by atoms with Crippen LogP contribution in [0.3, 0.4) is 0 Å². The van der Waals surface area contributed by atoms with E-state index < -0.39 is 5.97 Å². The summed E-state index contributed by atoms with van der Waals surface area (Å²) in [6.07, 6.45) is 0. The van der Waals surface area contributed by atoms with Gasteiger partial charge in [0.2, 0.25) is 0 Å². The van der Waals surface area contributed by atoms with Crippen LogP contribution in [-0.4, -0.2) is 33.1 Å². The lowest BCUT2D eigenvalue weighted by atomic mass is 10.3. The topological polar surface area (TPSA) is 84.6 Å². The number of ether oxygens (including phenoxy) is 1. The molecule has 0 saturated carbocycles. The lowest BCUT2D eigenvalue weighted by Crippen LogP contribution is -2.04.